The summed E-state index contributed by atoms with van der Waals surface area (Å²) in [4.78, 5) is 186. The van der Waals surface area contributed by atoms with Crippen LogP contribution in [0, 0.1) is 11.8 Å². The van der Waals surface area contributed by atoms with Crippen molar-refractivity contribution >= 4 is 82.8 Å². The second-order valence-corrected chi connectivity index (χ2v) is 21.5. The van der Waals surface area contributed by atoms with E-state index in [0.29, 0.717) is 25.0 Å². The molecule has 10 atom stereocenters. The topological polar surface area (TPSA) is 528 Å². The number of nitrogens with zero attached hydrogens (tertiary/aromatic N) is 2. The molecule has 1 aromatic rings. The van der Waals surface area contributed by atoms with E-state index in [4.69, 9.17) is 22.9 Å². The summed E-state index contributed by atoms with van der Waals surface area (Å²) in [7, 11) is 0. The summed E-state index contributed by atoms with van der Waals surface area (Å²) in [5, 5.41) is 45.3. The lowest BCUT2D eigenvalue weighted by atomic mass is 10.0. The Hall–Kier alpha value is -8.45. The van der Waals surface area contributed by atoms with E-state index in [1.54, 1.807) is 27.7 Å². The average Bonchev–Trinajstić information content (AvgIpc) is 4.09. The van der Waals surface area contributed by atoms with Crippen molar-refractivity contribution in [3.05, 3.63) is 18.2 Å². The molecule has 470 valence electrons. The number of nitrogens with two attached hydrogens (primary N) is 4. The first-order valence-electron chi connectivity index (χ1n) is 28.0. The number of aliphatic carboxylic acids is 1. The van der Waals surface area contributed by atoms with E-state index in [1.165, 1.54) is 26.4 Å². The first kappa shape index (κ1) is 71.7. The van der Waals surface area contributed by atoms with Crippen molar-refractivity contribution in [3.8, 4) is 0 Å². The van der Waals surface area contributed by atoms with Gasteiger partial charge in [-0.2, -0.15) is 0 Å². The standard InChI is InChI=1S/C52H87N17O15/c1-26(2)20-34-44(77)58-18-10-8-7-9-13-40(73)69-42(29(6)70)51(84)64-33(15-17-41(74)75)47(80)62-31(12-11-19-59-52(55)56)46(79)63-32(14-16-38(53)71)45(78)61-28(5)43(76)65-35(21-27(3)4)48(81)67-36(22-30-24-57-25-60-30)49(82)68-37(23-39(54)72)50(83)66-34/h24-29,31-37,42,70H,7-23H2,1-6H3,(H2,53,71)(H2,54,72)(H,57,60)(H,58,77)(H,61,78)(H,62,80)(H,63,79)(H,64,84)(H,65,76)(H,66,83)(H,67,81)(H,68,82)(H,69,73)(H,74,75)(H4,55,56,59)/t28-,29+,31-,32-,33-,34-,35-,36-,37-,42-/m0/s1. The first-order chi connectivity index (χ1) is 39.5. The van der Waals surface area contributed by atoms with Crippen molar-refractivity contribution in [3.63, 3.8) is 0 Å². The molecule has 0 aliphatic carbocycles. The molecule has 1 fully saturated rings. The van der Waals surface area contributed by atoms with E-state index in [2.05, 4.69) is 68.1 Å². The molecule has 2 heterocycles. The Bertz CT molecular complexity index is 2450. The van der Waals surface area contributed by atoms with Crippen LogP contribution in [0.4, 0.5) is 0 Å². The maximum absolute atomic E-state index is 14.2. The van der Waals surface area contributed by atoms with Gasteiger partial charge in [0.15, 0.2) is 5.96 Å². The van der Waals surface area contributed by atoms with E-state index in [9.17, 15) is 72.5 Å². The highest BCUT2D eigenvalue weighted by atomic mass is 16.4. The molecule has 32 nitrogen and oxygen atoms in total. The van der Waals surface area contributed by atoms with Gasteiger partial charge >= 0.3 is 5.97 Å². The molecule has 1 aromatic heterocycles. The van der Waals surface area contributed by atoms with Gasteiger partial charge < -0.3 is 91.3 Å². The summed E-state index contributed by atoms with van der Waals surface area (Å²) < 4.78 is 0. The van der Waals surface area contributed by atoms with Crippen molar-refractivity contribution in [1.29, 1.82) is 0 Å². The maximum atomic E-state index is 14.2. The Labute approximate surface area is 486 Å². The summed E-state index contributed by atoms with van der Waals surface area (Å²) in [6, 6.07) is -13.8. The lowest BCUT2D eigenvalue weighted by Gasteiger charge is -2.28. The molecule has 21 N–H and O–H groups in total. The molecular weight excluding hydrogens is 1100 g/mol. The van der Waals surface area contributed by atoms with E-state index in [0.717, 1.165) is 0 Å². The number of primary amides is 2. The van der Waals surface area contributed by atoms with Gasteiger partial charge in [-0.25, -0.2) is 4.98 Å². The lowest BCUT2D eigenvalue weighted by molar-refractivity contribution is -0.139. The molecule has 0 unspecified atom stereocenters. The fraction of sp³-hybridized carbons (Fsp3) is 0.673. The number of carbonyl (C=O) groups is 13. The SMILES string of the molecule is CC(C)C[C@@H]1NC(=O)[C@H](C)NC(=O)[C@H](CCC(N)=O)NC(=O)[C@H](CCCN=C(N)N)NC(=O)[C@H](CCC(=O)O)NC(=O)[C@H]([C@@H](C)O)NC(=O)CCCCCCNC(=O)[C@H](CC(C)C)NC(=O)[C@H](CC(N)=O)NC(=O)[C@H](Cc2cnc[nH]2)NC1=O. The van der Waals surface area contributed by atoms with Gasteiger partial charge in [-0.15, -0.1) is 0 Å². The Morgan fingerprint density at radius 3 is 1.62 bits per heavy atom. The number of hydrogen-bond donors (Lipinski definition) is 17. The van der Waals surface area contributed by atoms with Gasteiger partial charge in [0.2, 0.25) is 70.9 Å². The number of amides is 12. The predicted molar refractivity (Wildman–Crippen MR) is 301 cm³/mol. The van der Waals surface area contributed by atoms with E-state index in [1.807, 2.05) is 0 Å². The Morgan fingerprint density at radius 1 is 0.583 bits per heavy atom. The number of nitrogens with one attached hydrogen (secondary N) is 11. The number of aliphatic hydroxyl groups excluding tert-OH is 1. The van der Waals surface area contributed by atoms with Crippen LogP contribution in [-0.2, 0) is 68.7 Å². The summed E-state index contributed by atoms with van der Waals surface area (Å²) in [5.74, 6) is -13.3. The zero-order valence-electron chi connectivity index (χ0n) is 48.5. The number of aliphatic imine (C=N–C) groups is 1. The van der Waals surface area contributed by atoms with Gasteiger partial charge in [-0.05, 0) is 77.0 Å². The third-order valence-corrected chi connectivity index (χ3v) is 13.0. The number of hydrogen-bond acceptors (Lipinski definition) is 16. The number of carboxylic acid groups (broad SMARTS) is 1. The zero-order valence-corrected chi connectivity index (χ0v) is 48.5. The highest BCUT2D eigenvalue weighted by Crippen LogP contribution is 2.13. The van der Waals surface area contributed by atoms with Crippen LogP contribution in [-0.4, -0.2) is 177 Å². The van der Waals surface area contributed by atoms with Gasteiger partial charge in [0, 0.05) is 50.7 Å². The van der Waals surface area contributed by atoms with Crippen molar-refractivity contribution < 1.29 is 72.5 Å². The number of guanidine groups is 1. The minimum atomic E-state index is -1.70. The van der Waals surface area contributed by atoms with Gasteiger partial charge in [0.05, 0.1) is 18.9 Å². The molecular formula is C52H87N17O15. The van der Waals surface area contributed by atoms with Crippen LogP contribution in [0.15, 0.2) is 17.5 Å². The van der Waals surface area contributed by atoms with Crippen molar-refractivity contribution in [1.82, 2.24) is 63.1 Å². The average molecular weight is 1190 g/mol. The molecule has 1 aliphatic rings. The largest absolute Gasteiger partial charge is 0.481 e. The summed E-state index contributed by atoms with van der Waals surface area (Å²) in [6.45, 7) is 9.56. The highest BCUT2D eigenvalue weighted by molar-refractivity contribution is 5.99. The number of H-pyrrole nitrogens is 1. The smallest absolute Gasteiger partial charge is 0.303 e. The summed E-state index contributed by atoms with van der Waals surface area (Å²) in [6.07, 6.45) is -0.633. The van der Waals surface area contributed by atoms with Crippen LogP contribution in [0.25, 0.3) is 0 Å². The summed E-state index contributed by atoms with van der Waals surface area (Å²) >= 11 is 0. The quantitative estimate of drug-likeness (QED) is 0.0350. The Kier molecular flexibility index (Phi) is 31.5. The van der Waals surface area contributed by atoms with Crippen molar-refractivity contribution in [2.24, 2.45) is 39.8 Å². The fourth-order valence-corrected chi connectivity index (χ4v) is 8.56. The number of aromatic nitrogens is 2. The van der Waals surface area contributed by atoms with Crippen LogP contribution in [0.5, 0.6) is 0 Å². The van der Waals surface area contributed by atoms with E-state index < -0.39 is 169 Å². The summed E-state index contributed by atoms with van der Waals surface area (Å²) in [5.41, 5.74) is 22.2. The maximum Gasteiger partial charge on any atom is 0.303 e. The van der Waals surface area contributed by atoms with Crippen LogP contribution >= 0.6 is 0 Å². The van der Waals surface area contributed by atoms with Gasteiger partial charge in [0.25, 0.3) is 0 Å². The van der Waals surface area contributed by atoms with Crippen LogP contribution in [0.1, 0.15) is 137 Å². The second-order valence-electron chi connectivity index (χ2n) is 21.5. The number of carbonyl (C=O) groups excluding carboxylic acids is 12. The minimum Gasteiger partial charge on any atom is -0.481 e. The first-order valence-corrected chi connectivity index (χ1v) is 28.0. The predicted octanol–water partition coefficient (Wildman–Crippen LogP) is -5.05. The monoisotopic (exact) mass is 1190 g/mol. The molecule has 32 heteroatoms. The van der Waals surface area contributed by atoms with Crippen LogP contribution < -0.4 is 76.1 Å². The molecule has 84 heavy (non-hydrogen) atoms. The Balaban J connectivity index is 2.70. The molecule has 0 aromatic carbocycles. The molecule has 12 amide bonds. The second kappa shape index (κ2) is 36.9. The van der Waals surface area contributed by atoms with E-state index >= 15 is 0 Å². The minimum absolute atomic E-state index is 0.00993. The Morgan fingerprint density at radius 2 is 1.07 bits per heavy atom. The number of aliphatic hydroxyl groups is 1. The molecule has 0 radical (unpaired) electrons. The van der Waals surface area contributed by atoms with Gasteiger partial charge in [-0.1, -0.05) is 40.5 Å². The normalized spacial score (nSPS) is 24.6. The van der Waals surface area contributed by atoms with Crippen LogP contribution in [0.2, 0.25) is 0 Å². The molecule has 0 saturated carbocycles. The molecule has 0 spiro atoms. The molecule has 0 bridgehead atoms. The van der Waals surface area contributed by atoms with Crippen molar-refractivity contribution in [2.45, 2.75) is 198 Å². The van der Waals surface area contributed by atoms with E-state index in [-0.39, 0.29) is 75.8 Å². The third kappa shape index (κ3) is 28.0. The van der Waals surface area contributed by atoms with Crippen LogP contribution in [0.3, 0.4) is 0 Å². The van der Waals surface area contributed by atoms with Gasteiger partial charge in [-0.3, -0.25) is 67.3 Å². The highest BCUT2D eigenvalue weighted by Gasteiger charge is 2.36. The number of aromatic amines is 1. The lowest BCUT2D eigenvalue weighted by Crippen LogP contribution is -2.61. The fourth-order valence-electron chi connectivity index (χ4n) is 8.56. The van der Waals surface area contributed by atoms with Gasteiger partial charge in [0.1, 0.15) is 54.4 Å². The molecule has 2 rings (SSSR count). The van der Waals surface area contributed by atoms with Crippen molar-refractivity contribution in [2.75, 3.05) is 13.1 Å². The molecule has 1 saturated heterocycles. The number of rotatable bonds is 19. The molecule has 1 aliphatic heterocycles. The number of carboxylic acids is 1. The third-order valence-electron chi connectivity index (χ3n) is 13.0. The number of imidazole rings is 1. The zero-order chi connectivity index (χ0) is 63.2.